The van der Waals surface area contributed by atoms with E-state index in [0.717, 1.165) is 58.9 Å². The standard InChI is InChI=1S/C41H40F5N3O3S.C40H38F5N3O3S/c1-27-6-15-36-34(22-27)37(50)23-39(53-26-31-4-3-5-35(42)40(31)43)49(36)25-38(51)48(33-16-18-47(19-17-33)20-21-52-2)24-28-7-9-29(10-8-28)30-11-13-32(14-12-30)41(44,45)46;1-51-22-21-46-19-17-32(18-20-46)47(24-27-9-11-28(12-10-27)29-13-15-31(16-14-29)40(43,44)45)37(50)25-48-35-8-3-2-6-33(35)36(49)23-38(48)52-26-30-5-4-7-34(41)39(30)42/h3-15,22-23,33H,16-21,24-26H2,1-2H3;2-16,23,32H,17-22,24-26H2,1H3/i3D,4D,5D,6D,7D,8D,9D,10D,11D,12D,13D,14D,15D,22D,23D,26D2;26D2. The van der Waals surface area contributed by atoms with Crippen LogP contribution in [-0.4, -0.2) is 119 Å². The van der Waals surface area contributed by atoms with Crippen LogP contribution in [0.2, 0.25) is 0 Å². The number of hydrogen-bond acceptors (Lipinski definition) is 10. The highest BCUT2D eigenvalue weighted by Crippen LogP contribution is 2.36. The number of likely N-dealkylation sites (tertiary alicyclic amines) is 2. The average molecular weight is 1500 g/mol. The Morgan fingerprint density at radius 1 is 0.524 bits per heavy atom. The molecule has 0 bridgehead atoms. The van der Waals surface area contributed by atoms with Gasteiger partial charge in [0.2, 0.25) is 11.8 Å². The van der Waals surface area contributed by atoms with E-state index in [2.05, 4.69) is 4.90 Å². The van der Waals surface area contributed by atoms with E-state index in [-0.39, 0.29) is 60.2 Å². The van der Waals surface area contributed by atoms with Crippen molar-refractivity contribution in [1.82, 2.24) is 28.7 Å². The lowest BCUT2D eigenvalue weighted by molar-refractivity contribution is -0.138. The molecule has 2 aliphatic rings. The minimum Gasteiger partial charge on any atom is -0.383 e. The molecule has 0 spiro atoms. The van der Waals surface area contributed by atoms with E-state index in [0.29, 0.717) is 79.5 Å². The van der Waals surface area contributed by atoms with Gasteiger partial charge in [-0.2, -0.15) is 26.3 Å². The van der Waals surface area contributed by atoms with Crippen molar-refractivity contribution in [2.45, 2.75) is 105 Å². The predicted octanol–water partition coefficient (Wildman–Crippen LogP) is 17.1. The number of benzene rings is 8. The first-order valence-corrected chi connectivity index (χ1v) is 34.4. The molecule has 2 aromatic heterocycles. The van der Waals surface area contributed by atoms with Gasteiger partial charge in [-0.1, -0.05) is 121 Å². The number of nitrogens with zero attached hydrogens (tertiary/aromatic N) is 6. The van der Waals surface area contributed by atoms with Crippen LogP contribution in [-0.2, 0) is 69.0 Å². The Kier molecular flexibility index (Phi) is 18.4. The lowest BCUT2D eigenvalue weighted by atomic mass is 10.00. The molecule has 24 heteroatoms. The molecule has 10 aromatic rings. The summed E-state index contributed by atoms with van der Waals surface area (Å²) < 4.78 is 316. The molecular formula is C81H78F10N6O6S2. The van der Waals surface area contributed by atoms with Crippen LogP contribution in [0.4, 0.5) is 43.9 Å². The molecule has 0 atom stereocenters. The maximum absolute atomic E-state index is 15.5. The van der Waals surface area contributed by atoms with Gasteiger partial charge in [-0.3, -0.25) is 19.2 Å². The summed E-state index contributed by atoms with van der Waals surface area (Å²) in [5.74, 6) is -7.94. The number of fused-ring (bicyclic) bond motifs is 2. The summed E-state index contributed by atoms with van der Waals surface area (Å²) in [4.78, 5) is 64.0. The second-order valence-corrected chi connectivity index (χ2v) is 26.1. The van der Waals surface area contributed by atoms with Crippen LogP contribution in [0.5, 0.6) is 0 Å². The van der Waals surface area contributed by atoms with E-state index < -0.39 is 228 Å². The molecule has 2 fully saturated rings. The van der Waals surface area contributed by atoms with Crippen LogP contribution in [0.1, 0.15) is 90.7 Å². The second-order valence-electron chi connectivity index (χ2n) is 24.5. The third-order valence-electron chi connectivity index (χ3n) is 17.6. The zero-order valence-corrected chi connectivity index (χ0v) is 58.1. The van der Waals surface area contributed by atoms with Gasteiger partial charge >= 0.3 is 12.4 Å². The Bertz CT molecular complexity index is 5840. The van der Waals surface area contributed by atoms with Crippen molar-refractivity contribution in [3.05, 3.63) is 270 Å². The molecule has 2 saturated heterocycles. The normalized spacial score (nSPS) is 17.0. The number of carbonyl (C=O) groups is 2. The number of hydrogen-bond donors (Lipinski definition) is 0. The van der Waals surface area contributed by atoms with Crippen molar-refractivity contribution in [3.63, 3.8) is 0 Å². The number of halogens is 10. The highest BCUT2D eigenvalue weighted by Gasteiger charge is 2.34. The van der Waals surface area contributed by atoms with Gasteiger partial charge in [0, 0.05) is 130 Å². The van der Waals surface area contributed by atoms with Gasteiger partial charge < -0.3 is 38.2 Å². The fourth-order valence-electron chi connectivity index (χ4n) is 12.0. The van der Waals surface area contributed by atoms with Crippen molar-refractivity contribution >= 4 is 57.1 Å². The first-order chi connectivity index (χ1) is 58.2. The Labute approximate surface area is 636 Å². The number of rotatable bonds is 24. The van der Waals surface area contributed by atoms with E-state index in [9.17, 15) is 53.9 Å². The molecule has 0 unspecified atom stereocenters. The van der Waals surface area contributed by atoms with Crippen LogP contribution in [0.25, 0.3) is 44.1 Å². The minimum absolute atomic E-state index is 0.0657. The summed E-state index contributed by atoms with van der Waals surface area (Å²) in [6.45, 7) is 3.45. The molecule has 2 amide bonds. The van der Waals surface area contributed by atoms with Gasteiger partial charge in [0.05, 0.1) is 66.0 Å². The van der Waals surface area contributed by atoms with E-state index in [4.69, 9.17) is 35.5 Å². The number of aromatic nitrogens is 2. The summed E-state index contributed by atoms with van der Waals surface area (Å²) in [6.07, 6.45) is -8.11. The number of amides is 2. The largest absolute Gasteiger partial charge is 0.416 e. The lowest BCUT2D eigenvalue weighted by Gasteiger charge is -2.39. The number of thioether (sulfide) groups is 2. The first-order valence-electron chi connectivity index (χ1n) is 42.3. The summed E-state index contributed by atoms with van der Waals surface area (Å²) in [7, 11) is 3.13. The second kappa shape index (κ2) is 34.9. The van der Waals surface area contributed by atoms with E-state index in [1.807, 2.05) is 17.0 Å². The van der Waals surface area contributed by atoms with Crippen molar-refractivity contribution in [2.75, 3.05) is 66.7 Å². The maximum Gasteiger partial charge on any atom is 0.416 e. The molecule has 8 aromatic carbocycles. The number of para-hydroxylation sites is 1. The number of piperidine rings is 2. The van der Waals surface area contributed by atoms with Crippen molar-refractivity contribution in [3.8, 4) is 22.3 Å². The minimum atomic E-state index is -5.35. The zero-order chi connectivity index (χ0) is 91.2. The highest BCUT2D eigenvalue weighted by atomic mass is 32.2. The van der Waals surface area contributed by atoms with Crippen LogP contribution in [0, 0.1) is 30.2 Å². The summed E-state index contributed by atoms with van der Waals surface area (Å²) in [6, 6.07) is 5.58. The van der Waals surface area contributed by atoms with E-state index in [1.54, 1.807) is 53.0 Å². The van der Waals surface area contributed by atoms with Gasteiger partial charge in [0.15, 0.2) is 34.1 Å². The fourth-order valence-corrected chi connectivity index (χ4v) is 13.5. The molecule has 105 heavy (non-hydrogen) atoms. The lowest BCUT2D eigenvalue weighted by Crippen LogP contribution is -2.48. The molecule has 550 valence electrons. The fraction of sp³-hybridized carbons (Fsp3) is 0.309. The summed E-state index contributed by atoms with van der Waals surface area (Å²) in [5, 5.41) is -1.16. The van der Waals surface area contributed by atoms with Crippen LogP contribution >= 0.6 is 23.5 Å². The Hall–Kier alpha value is -9.04. The molecular weight excluding hydrogens is 1410 g/mol. The first kappa shape index (κ1) is 55.4. The summed E-state index contributed by atoms with van der Waals surface area (Å²) in [5.41, 5.74) is -13.0. The van der Waals surface area contributed by atoms with Gasteiger partial charge in [0.1, 0.15) is 13.1 Å². The third kappa shape index (κ3) is 19.5. The molecule has 0 N–H and O–H groups in total. The monoisotopic (exact) mass is 1500 g/mol. The molecule has 0 saturated carbocycles. The third-order valence-corrected chi connectivity index (χ3v) is 19.3. The van der Waals surface area contributed by atoms with Crippen molar-refractivity contribution < 1.29 is 89.0 Å². The average Bonchev–Trinajstić information content (AvgIpc) is 0.720. The molecule has 0 aliphatic carbocycles. The highest BCUT2D eigenvalue weighted by molar-refractivity contribution is 7.98. The number of ether oxygens (including phenoxy) is 2. The number of carbonyl (C=O) groups excluding carboxylic acids is 2. The Balaban J connectivity index is 0.000000249. The number of pyridine rings is 2. The molecule has 0 radical (unpaired) electrons. The van der Waals surface area contributed by atoms with Crippen LogP contribution < -0.4 is 10.9 Å². The Morgan fingerprint density at radius 2 is 1.05 bits per heavy atom. The van der Waals surface area contributed by atoms with E-state index in [1.165, 1.54) is 38.3 Å². The molecule has 2 aliphatic heterocycles. The van der Waals surface area contributed by atoms with Crippen molar-refractivity contribution in [1.29, 1.82) is 0 Å². The van der Waals surface area contributed by atoms with Crippen LogP contribution in [0.3, 0.4) is 0 Å². The molecule has 12 rings (SSSR count). The number of methoxy groups -OCH3 is 2. The van der Waals surface area contributed by atoms with Gasteiger partial charge in [-0.15, -0.1) is 23.5 Å². The topological polar surface area (TPSA) is 110 Å². The molecule has 12 nitrogen and oxygen atoms in total. The Morgan fingerprint density at radius 3 is 1.63 bits per heavy atom. The smallest absolute Gasteiger partial charge is 0.383 e. The van der Waals surface area contributed by atoms with Gasteiger partial charge in [-0.05, 0) is 127 Å². The quantitative estimate of drug-likeness (QED) is 0.0428. The maximum atomic E-state index is 15.5. The predicted molar refractivity (Wildman–Crippen MR) is 391 cm³/mol. The van der Waals surface area contributed by atoms with Crippen molar-refractivity contribution in [2.24, 2.45) is 0 Å². The number of alkyl halides is 6. The molecule has 4 heterocycles. The van der Waals surface area contributed by atoms with Gasteiger partial charge in [0.25, 0.3) is 0 Å². The zero-order valence-electron chi connectivity index (χ0n) is 75.4. The van der Waals surface area contributed by atoms with Crippen LogP contribution in [0.15, 0.2) is 207 Å². The summed E-state index contributed by atoms with van der Waals surface area (Å²) >= 11 is 0.305. The SMILES string of the molecule is [2H]C([2H])(Sc1cc(=O)c2ccccc2n1CC(=O)N(Cc1ccc(-c2ccc(C(F)(F)F)cc2)cc1)C1CCN(CCOC)CC1)c1cccc(F)c1F.[2H]c1c([2H])c(F)c(F)c(C([2H])([2H])Sc2c([2H])c(=O)c3c([2H])c(C)c([2H])c([2H])c3n2CC(=O)N(Cc2c([2H])c([2H])c(-c3c([2H])c([2H])c(C(F)(F)F)c([2H])c3[2H])c([2H])c2[2H])C2CCN(CCOC)CC2)c1[2H]. The van der Waals surface area contributed by atoms with E-state index >= 15 is 9.18 Å². The van der Waals surface area contributed by atoms with Gasteiger partial charge in [-0.25, -0.2) is 17.6 Å².